The van der Waals surface area contributed by atoms with Crippen molar-refractivity contribution in [2.24, 2.45) is 11.8 Å². The van der Waals surface area contributed by atoms with E-state index in [0.29, 0.717) is 12.1 Å². The van der Waals surface area contributed by atoms with Crippen LogP contribution < -0.4 is 5.32 Å². The van der Waals surface area contributed by atoms with Gasteiger partial charge in [-0.05, 0) is 37.2 Å². The molecule has 2 fully saturated rings. The van der Waals surface area contributed by atoms with Crippen molar-refractivity contribution in [1.29, 1.82) is 5.26 Å². The van der Waals surface area contributed by atoms with Crippen LogP contribution in [0, 0.1) is 23.2 Å². The van der Waals surface area contributed by atoms with Gasteiger partial charge in [0.25, 0.3) is 0 Å². The standard InChI is InChI=1S/C19H26N2/c20-14-17-12-7-13-18(17)21-19(15-8-3-1-4-9-15)16-10-5-2-6-11-16/h1,3-4,8-9,16-19,21H,2,5-7,10-13H2. The molecule has 2 nitrogen and oxygen atoms in total. The molecule has 3 unspecified atom stereocenters. The Labute approximate surface area is 128 Å². The van der Waals surface area contributed by atoms with Crippen molar-refractivity contribution in [1.82, 2.24) is 5.32 Å². The van der Waals surface area contributed by atoms with E-state index in [4.69, 9.17) is 0 Å². The summed E-state index contributed by atoms with van der Waals surface area (Å²) in [6.07, 6.45) is 10.2. The first kappa shape index (κ1) is 14.6. The highest BCUT2D eigenvalue weighted by molar-refractivity contribution is 5.20. The Balaban J connectivity index is 1.77. The van der Waals surface area contributed by atoms with Crippen molar-refractivity contribution in [3.63, 3.8) is 0 Å². The molecule has 1 aromatic rings. The number of nitrogens with zero attached hydrogens (tertiary/aromatic N) is 1. The molecule has 0 radical (unpaired) electrons. The molecule has 0 saturated heterocycles. The van der Waals surface area contributed by atoms with Crippen molar-refractivity contribution in [3.05, 3.63) is 35.9 Å². The van der Waals surface area contributed by atoms with Crippen molar-refractivity contribution in [2.45, 2.75) is 63.5 Å². The van der Waals surface area contributed by atoms with Crippen molar-refractivity contribution >= 4 is 0 Å². The molecule has 0 aliphatic heterocycles. The van der Waals surface area contributed by atoms with Gasteiger partial charge in [0.1, 0.15) is 0 Å². The fraction of sp³-hybridized carbons (Fsp3) is 0.632. The zero-order chi connectivity index (χ0) is 14.5. The zero-order valence-electron chi connectivity index (χ0n) is 12.8. The summed E-state index contributed by atoms with van der Waals surface area (Å²) >= 11 is 0. The maximum Gasteiger partial charge on any atom is 0.0672 e. The van der Waals surface area contributed by atoms with E-state index in [1.54, 1.807) is 0 Å². The van der Waals surface area contributed by atoms with Crippen molar-refractivity contribution in [3.8, 4) is 6.07 Å². The second-order valence-electron chi connectivity index (χ2n) is 6.73. The quantitative estimate of drug-likeness (QED) is 0.876. The van der Waals surface area contributed by atoms with Gasteiger partial charge >= 0.3 is 0 Å². The minimum absolute atomic E-state index is 0.208. The highest BCUT2D eigenvalue weighted by atomic mass is 15.0. The molecule has 0 amide bonds. The second-order valence-corrected chi connectivity index (χ2v) is 6.73. The molecule has 0 spiro atoms. The summed E-state index contributed by atoms with van der Waals surface area (Å²) in [7, 11) is 0. The molecule has 2 saturated carbocycles. The predicted molar refractivity (Wildman–Crippen MR) is 85.6 cm³/mol. The topological polar surface area (TPSA) is 35.8 Å². The molecule has 0 heterocycles. The second kappa shape index (κ2) is 7.09. The molecular formula is C19H26N2. The van der Waals surface area contributed by atoms with Gasteiger partial charge in [-0.25, -0.2) is 0 Å². The Morgan fingerprint density at radius 1 is 0.952 bits per heavy atom. The third-order valence-corrected chi connectivity index (χ3v) is 5.36. The van der Waals surface area contributed by atoms with Gasteiger partial charge in [-0.1, -0.05) is 56.0 Å². The van der Waals surface area contributed by atoms with Gasteiger partial charge < -0.3 is 5.32 Å². The van der Waals surface area contributed by atoms with Crippen LogP contribution in [0.15, 0.2) is 30.3 Å². The van der Waals surface area contributed by atoms with E-state index in [-0.39, 0.29) is 5.92 Å². The van der Waals surface area contributed by atoms with Gasteiger partial charge in [-0.3, -0.25) is 0 Å². The summed E-state index contributed by atoms with van der Waals surface area (Å²) in [6, 6.07) is 14.2. The Bertz CT molecular complexity index is 470. The summed E-state index contributed by atoms with van der Waals surface area (Å²) < 4.78 is 0. The van der Waals surface area contributed by atoms with Crippen LogP contribution in [-0.4, -0.2) is 6.04 Å². The van der Waals surface area contributed by atoms with E-state index >= 15 is 0 Å². The van der Waals surface area contributed by atoms with E-state index in [9.17, 15) is 5.26 Å². The number of rotatable bonds is 4. The lowest BCUT2D eigenvalue weighted by atomic mass is 9.80. The van der Waals surface area contributed by atoms with E-state index in [0.717, 1.165) is 18.8 Å². The van der Waals surface area contributed by atoms with Gasteiger partial charge in [-0.2, -0.15) is 5.26 Å². The summed E-state index contributed by atoms with van der Waals surface area (Å²) in [5.74, 6) is 0.945. The number of benzene rings is 1. The van der Waals surface area contributed by atoms with Gasteiger partial charge in [0.2, 0.25) is 0 Å². The SMILES string of the molecule is N#CC1CCCC1NC(c1ccccc1)C1CCCCC1. The van der Waals surface area contributed by atoms with Crippen LogP contribution in [0.2, 0.25) is 0 Å². The fourth-order valence-corrected chi connectivity index (χ4v) is 4.18. The van der Waals surface area contributed by atoms with Gasteiger partial charge in [-0.15, -0.1) is 0 Å². The van der Waals surface area contributed by atoms with Crippen molar-refractivity contribution in [2.75, 3.05) is 0 Å². The Hall–Kier alpha value is -1.33. The molecule has 0 bridgehead atoms. The molecule has 21 heavy (non-hydrogen) atoms. The Morgan fingerprint density at radius 3 is 2.43 bits per heavy atom. The minimum atomic E-state index is 0.208. The summed E-state index contributed by atoms with van der Waals surface area (Å²) in [5, 5.41) is 13.2. The highest BCUT2D eigenvalue weighted by Gasteiger charge is 2.32. The normalized spacial score (nSPS) is 28.1. The fourth-order valence-electron chi connectivity index (χ4n) is 4.18. The van der Waals surface area contributed by atoms with E-state index in [1.165, 1.54) is 44.1 Å². The Morgan fingerprint density at radius 2 is 1.71 bits per heavy atom. The maximum absolute atomic E-state index is 9.34. The van der Waals surface area contributed by atoms with Crippen LogP contribution in [0.5, 0.6) is 0 Å². The number of nitrogens with one attached hydrogen (secondary N) is 1. The lowest BCUT2D eigenvalue weighted by Crippen LogP contribution is -2.39. The summed E-state index contributed by atoms with van der Waals surface area (Å²) in [4.78, 5) is 0. The largest absolute Gasteiger partial charge is 0.306 e. The predicted octanol–water partition coefficient (Wildman–Crippen LogP) is 4.59. The molecule has 2 aliphatic rings. The van der Waals surface area contributed by atoms with Crippen LogP contribution in [0.3, 0.4) is 0 Å². The van der Waals surface area contributed by atoms with Crippen molar-refractivity contribution < 1.29 is 0 Å². The monoisotopic (exact) mass is 282 g/mol. The van der Waals surface area contributed by atoms with E-state index < -0.39 is 0 Å². The number of nitriles is 1. The molecule has 2 heteroatoms. The van der Waals surface area contributed by atoms with Crippen LogP contribution in [-0.2, 0) is 0 Å². The lowest BCUT2D eigenvalue weighted by Gasteiger charge is -2.34. The van der Waals surface area contributed by atoms with Crippen LogP contribution in [0.1, 0.15) is 63.0 Å². The number of hydrogen-bond donors (Lipinski definition) is 1. The average Bonchev–Trinajstić information content (AvgIpc) is 3.01. The van der Waals surface area contributed by atoms with Crippen LogP contribution in [0.4, 0.5) is 0 Å². The molecule has 3 atom stereocenters. The third-order valence-electron chi connectivity index (χ3n) is 5.36. The summed E-state index contributed by atoms with van der Waals surface area (Å²) in [6.45, 7) is 0. The van der Waals surface area contributed by atoms with Gasteiger partial charge in [0, 0.05) is 12.1 Å². The molecule has 112 valence electrons. The Kier molecular flexibility index (Phi) is 4.93. The third kappa shape index (κ3) is 3.47. The maximum atomic E-state index is 9.34. The zero-order valence-corrected chi connectivity index (χ0v) is 12.8. The van der Waals surface area contributed by atoms with Crippen LogP contribution >= 0.6 is 0 Å². The summed E-state index contributed by atoms with van der Waals surface area (Å²) in [5.41, 5.74) is 1.41. The molecule has 3 rings (SSSR count). The first-order chi connectivity index (χ1) is 10.4. The lowest BCUT2D eigenvalue weighted by molar-refractivity contribution is 0.246. The number of hydrogen-bond acceptors (Lipinski definition) is 2. The molecule has 1 aromatic carbocycles. The van der Waals surface area contributed by atoms with Crippen LogP contribution in [0.25, 0.3) is 0 Å². The smallest absolute Gasteiger partial charge is 0.0672 e. The minimum Gasteiger partial charge on any atom is -0.306 e. The average molecular weight is 282 g/mol. The molecule has 1 N–H and O–H groups in total. The highest BCUT2D eigenvalue weighted by Crippen LogP contribution is 2.36. The van der Waals surface area contributed by atoms with E-state index in [1.807, 2.05) is 0 Å². The van der Waals surface area contributed by atoms with E-state index in [2.05, 4.69) is 41.7 Å². The van der Waals surface area contributed by atoms with Gasteiger partial charge in [0.05, 0.1) is 12.0 Å². The molecule has 2 aliphatic carbocycles. The first-order valence-corrected chi connectivity index (χ1v) is 8.59. The first-order valence-electron chi connectivity index (χ1n) is 8.59. The van der Waals surface area contributed by atoms with Gasteiger partial charge in [0.15, 0.2) is 0 Å². The molecule has 0 aromatic heterocycles. The molecular weight excluding hydrogens is 256 g/mol.